The van der Waals surface area contributed by atoms with Crippen LogP contribution in [-0.2, 0) is 44.9 Å². The molecule has 1 aromatic rings. The van der Waals surface area contributed by atoms with Gasteiger partial charge in [0.25, 0.3) is 5.09 Å². The second kappa shape index (κ2) is 14.9. The van der Waals surface area contributed by atoms with Gasteiger partial charge in [-0.3, -0.25) is 24.0 Å². The normalized spacial score (nSPS) is 33.1. The SMILES string of the molecule is CCCCC(=O)O[C@]1(C(=O)COC(=O)CCC(=O)Oc2cccc(CO[N+](=O)[O-])c2)[C@@H](C)C[C@H]2C3CC=C4CC(=O)C=C[C@]4(C)[C@@]3(F)[C@@H](O)C[C@@]21C. The molecule has 0 amide bonds. The Labute approximate surface area is 301 Å². The molecule has 0 aliphatic heterocycles. The van der Waals surface area contributed by atoms with Gasteiger partial charge in [-0.25, -0.2) is 4.39 Å². The van der Waals surface area contributed by atoms with E-state index in [4.69, 9.17) is 14.2 Å². The first-order valence-electron chi connectivity index (χ1n) is 17.8. The first-order valence-corrected chi connectivity index (χ1v) is 17.8. The molecule has 1 unspecified atom stereocenters. The molecule has 8 atom stereocenters. The van der Waals surface area contributed by atoms with Gasteiger partial charge in [-0.15, -0.1) is 10.1 Å². The minimum absolute atomic E-state index is 0.0363. The van der Waals surface area contributed by atoms with Gasteiger partial charge in [0, 0.05) is 35.5 Å². The smallest absolute Gasteiger partial charge is 0.311 e. The Morgan fingerprint density at radius 2 is 1.81 bits per heavy atom. The molecule has 0 aromatic heterocycles. The first-order chi connectivity index (χ1) is 24.5. The van der Waals surface area contributed by atoms with Crippen molar-refractivity contribution < 1.29 is 57.6 Å². The third kappa shape index (κ3) is 6.77. The Hall–Kier alpha value is -4.46. The number of carbonyl (C=O) groups is 5. The fraction of sp³-hybridized carbons (Fsp3) is 0.605. The quantitative estimate of drug-likeness (QED) is 0.0861. The largest absolute Gasteiger partial charge is 0.457 e. The minimum atomic E-state index is -2.16. The Bertz CT molecular complexity index is 1690. The summed E-state index contributed by atoms with van der Waals surface area (Å²) in [7, 11) is 0. The number of benzene rings is 1. The highest BCUT2D eigenvalue weighted by molar-refractivity contribution is 5.95. The van der Waals surface area contributed by atoms with E-state index in [1.54, 1.807) is 32.9 Å². The summed E-state index contributed by atoms with van der Waals surface area (Å²) >= 11 is 0. The molecule has 4 aliphatic rings. The molecule has 1 N–H and O–H groups in total. The van der Waals surface area contributed by atoms with E-state index in [0.29, 0.717) is 30.4 Å². The molecule has 5 rings (SSSR count). The minimum Gasteiger partial charge on any atom is -0.457 e. The summed E-state index contributed by atoms with van der Waals surface area (Å²) in [5, 5.41) is 21.3. The van der Waals surface area contributed by atoms with Crippen molar-refractivity contribution in [2.45, 2.75) is 109 Å². The number of halogens is 1. The lowest BCUT2D eigenvalue weighted by Crippen LogP contribution is -2.69. The number of nitrogens with zero attached hydrogens (tertiary/aromatic N) is 1. The van der Waals surface area contributed by atoms with Crippen LogP contribution in [0, 0.1) is 38.7 Å². The molecule has 0 saturated heterocycles. The maximum atomic E-state index is 17.7. The lowest BCUT2D eigenvalue weighted by atomic mass is 9.45. The molecule has 52 heavy (non-hydrogen) atoms. The van der Waals surface area contributed by atoms with Crippen LogP contribution in [0.15, 0.2) is 48.1 Å². The first kappa shape index (κ1) is 38.8. The topological polar surface area (TPSA) is 186 Å². The second-order valence-electron chi connectivity index (χ2n) is 14.9. The van der Waals surface area contributed by atoms with Gasteiger partial charge < -0.3 is 24.2 Å². The number of allylic oxidation sites excluding steroid dienone is 4. The molecule has 14 heteroatoms. The van der Waals surface area contributed by atoms with Crippen LogP contribution < -0.4 is 4.74 Å². The van der Waals surface area contributed by atoms with Crippen molar-refractivity contribution in [3.8, 4) is 5.75 Å². The lowest BCUT2D eigenvalue weighted by Gasteiger charge is -2.62. The van der Waals surface area contributed by atoms with Crippen molar-refractivity contribution in [3.05, 3.63) is 63.7 Å². The van der Waals surface area contributed by atoms with Crippen molar-refractivity contribution in [1.82, 2.24) is 0 Å². The predicted octanol–water partition coefficient (Wildman–Crippen LogP) is 5.28. The van der Waals surface area contributed by atoms with Crippen molar-refractivity contribution in [2.75, 3.05) is 6.61 Å². The lowest BCUT2D eigenvalue weighted by molar-refractivity contribution is -0.763. The van der Waals surface area contributed by atoms with Gasteiger partial charge in [-0.2, -0.15) is 0 Å². The summed E-state index contributed by atoms with van der Waals surface area (Å²) in [6.45, 7) is 5.96. The van der Waals surface area contributed by atoms with Gasteiger partial charge in [-0.05, 0) is 62.3 Å². The molecular weight excluding hydrogens is 681 g/mol. The molecule has 2 saturated carbocycles. The highest BCUT2D eigenvalue weighted by Crippen LogP contribution is 2.71. The molecule has 0 heterocycles. The number of aliphatic hydroxyl groups is 1. The summed E-state index contributed by atoms with van der Waals surface area (Å²) in [5.74, 6) is -4.97. The van der Waals surface area contributed by atoms with Crippen LogP contribution in [0.2, 0.25) is 0 Å². The van der Waals surface area contributed by atoms with Gasteiger partial charge in [-0.1, -0.05) is 57.0 Å². The molecule has 4 aliphatic carbocycles. The number of aliphatic hydroxyl groups excluding tert-OH is 1. The number of hydrogen-bond donors (Lipinski definition) is 1. The van der Waals surface area contributed by atoms with Gasteiger partial charge in [0.05, 0.1) is 18.9 Å². The van der Waals surface area contributed by atoms with Gasteiger partial charge in [0.1, 0.15) is 12.4 Å². The molecular formula is C38H46FNO12. The molecule has 2 fully saturated rings. The molecule has 282 valence electrons. The fourth-order valence-electron chi connectivity index (χ4n) is 9.39. The predicted molar refractivity (Wildman–Crippen MR) is 180 cm³/mol. The maximum Gasteiger partial charge on any atom is 0.311 e. The zero-order chi connectivity index (χ0) is 38.1. The van der Waals surface area contributed by atoms with Crippen molar-refractivity contribution >= 4 is 29.5 Å². The van der Waals surface area contributed by atoms with Crippen LogP contribution in [0.5, 0.6) is 5.75 Å². The standard InChI is InChI=1S/C38H46FNO12/c1-5-6-10-34(46)52-38(31(43)22-49-32(44)13-14-33(45)51-27-9-7-8-24(18-27)21-50-40(47)48)23(2)17-29-28-12-11-25-19-26(41)15-16-35(25,3)37(28,39)30(42)20-36(29,38)4/h7-9,11,15-16,18,23,28-30,42H,5-6,10,12-14,17,19-22H2,1-4H3/t23-,28?,29-,30-,35-,36-,37-,38-/m0/s1. The fourth-order valence-corrected chi connectivity index (χ4v) is 9.39. The van der Waals surface area contributed by atoms with Crippen molar-refractivity contribution in [2.24, 2.45) is 28.6 Å². The van der Waals surface area contributed by atoms with Crippen LogP contribution in [0.25, 0.3) is 0 Å². The van der Waals surface area contributed by atoms with Crippen LogP contribution in [-0.4, -0.2) is 63.6 Å². The third-order valence-corrected chi connectivity index (χ3v) is 11.9. The van der Waals surface area contributed by atoms with E-state index in [1.165, 1.54) is 24.3 Å². The van der Waals surface area contributed by atoms with Crippen molar-refractivity contribution in [3.63, 3.8) is 0 Å². The summed E-state index contributed by atoms with van der Waals surface area (Å²) < 4.78 is 34.5. The number of Topliss-reactive ketones (excluding diaryl/α,β-unsaturated/α-hetero) is 1. The van der Waals surface area contributed by atoms with Gasteiger partial charge in [0.15, 0.2) is 23.7 Å². The van der Waals surface area contributed by atoms with Crippen molar-refractivity contribution in [1.29, 1.82) is 0 Å². The molecule has 0 radical (unpaired) electrons. The highest BCUT2D eigenvalue weighted by atomic mass is 19.1. The van der Waals surface area contributed by atoms with Crippen LogP contribution in [0.1, 0.15) is 91.0 Å². The summed E-state index contributed by atoms with van der Waals surface area (Å²) in [5.41, 5.74) is -5.49. The summed E-state index contributed by atoms with van der Waals surface area (Å²) in [6, 6.07) is 5.88. The Morgan fingerprint density at radius 1 is 1.08 bits per heavy atom. The molecule has 0 bridgehead atoms. The maximum absolute atomic E-state index is 17.7. The molecule has 0 spiro atoms. The zero-order valence-corrected chi connectivity index (χ0v) is 29.9. The van der Waals surface area contributed by atoms with E-state index < -0.39 is 94.2 Å². The average molecular weight is 728 g/mol. The zero-order valence-electron chi connectivity index (χ0n) is 29.9. The highest BCUT2D eigenvalue weighted by Gasteiger charge is 2.77. The number of esters is 3. The van der Waals surface area contributed by atoms with Crippen LogP contribution in [0.4, 0.5) is 4.39 Å². The van der Waals surface area contributed by atoms with E-state index in [0.717, 1.165) is 0 Å². The number of ether oxygens (including phenoxy) is 3. The Morgan fingerprint density at radius 3 is 2.52 bits per heavy atom. The number of carbonyl (C=O) groups excluding carboxylic acids is 5. The summed E-state index contributed by atoms with van der Waals surface area (Å²) in [6.07, 6.45) is 3.97. The average Bonchev–Trinajstić information content (AvgIpc) is 3.31. The van der Waals surface area contributed by atoms with Crippen LogP contribution in [0.3, 0.4) is 0 Å². The number of ketones is 2. The van der Waals surface area contributed by atoms with E-state index in [1.807, 2.05) is 13.0 Å². The van der Waals surface area contributed by atoms with E-state index >= 15 is 4.39 Å². The van der Waals surface area contributed by atoms with Gasteiger partial charge >= 0.3 is 17.9 Å². The van der Waals surface area contributed by atoms with E-state index in [-0.39, 0.29) is 43.8 Å². The number of rotatable bonds is 14. The Balaban J connectivity index is 1.32. The van der Waals surface area contributed by atoms with Crippen LogP contribution >= 0.6 is 0 Å². The molecule has 13 nitrogen and oxygen atoms in total. The monoisotopic (exact) mass is 727 g/mol. The van der Waals surface area contributed by atoms with E-state index in [2.05, 4.69) is 4.84 Å². The number of hydrogen-bond acceptors (Lipinski definition) is 12. The molecule has 1 aromatic carbocycles. The Kier molecular flexibility index (Phi) is 11.1. The second-order valence-corrected chi connectivity index (χ2v) is 14.9. The number of alkyl halides is 1. The van der Waals surface area contributed by atoms with E-state index in [9.17, 15) is 39.2 Å². The third-order valence-electron chi connectivity index (χ3n) is 11.9. The summed E-state index contributed by atoms with van der Waals surface area (Å²) in [4.78, 5) is 80.0. The number of unbranched alkanes of at least 4 members (excludes halogenated alkanes) is 1. The van der Waals surface area contributed by atoms with Gasteiger partial charge in [0.2, 0.25) is 5.78 Å². The number of fused-ring (bicyclic) bond motifs is 5.